The van der Waals surface area contributed by atoms with Crippen LogP contribution in [0.3, 0.4) is 0 Å². The van der Waals surface area contributed by atoms with Gasteiger partial charge in [0.2, 0.25) is 17.7 Å². The van der Waals surface area contributed by atoms with Crippen molar-refractivity contribution < 1.29 is 23.2 Å². The molecule has 0 saturated carbocycles. The van der Waals surface area contributed by atoms with Gasteiger partial charge in [-0.3, -0.25) is 14.4 Å². The molecule has 2 N–H and O–H groups in total. The van der Waals surface area contributed by atoms with Gasteiger partial charge in [0.25, 0.3) is 0 Å². The Morgan fingerprint density at radius 3 is 2.58 bits per heavy atom. The highest BCUT2D eigenvalue weighted by Gasteiger charge is 2.34. The number of amides is 3. The van der Waals surface area contributed by atoms with Crippen LogP contribution in [0.5, 0.6) is 0 Å². The highest BCUT2D eigenvalue weighted by Crippen LogP contribution is 2.21. The number of hydrogen-bond donors (Lipinski definition) is 2. The summed E-state index contributed by atoms with van der Waals surface area (Å²) >= 11 is 0. The maximum atomic E-state index is 13.5. The minimum atomic E-state index is -1.18. The van der Waals surface area contributed by atoms with Crippen LogP contribution in [-0.4, -0.2) is 42.3 Å². The van der Waals surface area contributed by atoms with E-state index < -0.39 is 35.5 Å². The number of benzene rings is 1. The predicted octanol–water partition coefficient (Wildman–Crippen LogP) is 1.66. The van der Waals surface area contributed by atoms with Gasteiger partial charge in [0.1, 0.15) is 12.1 Å². The average molecular weight is 367 g/mol. The van der Waals surface area contributed by atoms with Crippen molar-refractivity contribution in [1.29, 1.82) is 0 Å². The third-order valence-corrected chi connectivity index (χ3v) is 4.50. The van der Waals surface area contributed by atoms with Crippen LogP contribution < -0.4 is 10.6 Å². The number of piperidine rings is 1. The fourth-order valence-electron chi connectivity index (χ4n) is 3.08. The molecule has 0 aliphatic carbocycles. The molecule has 1 fully saturated rings. The van der Waals surface area contributed by atoms with E-state index in [-0.39, 0.29) is 17.9 Å². The molecule has 0 aromatic heterocycles. The Kier molecular flexibility index (Phi) is 6.65. The molecule has 0 radical (unpaired) electrons. The lowest BCUT2D eigenvalue weighted by atomic mass is 9.99. The zero-order valence-electron chi connectivity index (χ0n) is 14.9. The first-order valence-electron chi connectivity index (χ1n) is 8.65. The Bertz CT molecular complexity index is 696. The molecule has 26 heavy (non-hydrogen) atoms. The van der Waals surface area contributed by atoms with E-state index >= 15 is 0 Å². The van der Waals surface area contributed by atoms with Crippen molar-refractivity contribution in [2.45, 2.75) is 44.7 Å². The van der Waals surface area contributed by atoms with Gasteiger partial charge in [-0.2, -0.15) is 0 Å². The van der Waals surface area contributed by atoms with Crippen LogP contribution in [-0.2, 0) is 14.4 Å². The lowest BCUT2D eigenvalue weighted by Crippen LogP contribution is -2.53. The Morgan fingerprint density at radius 2 is 1.96 bits per heavy atom. The molecule has 2 atom stereocenters. The summed E-state index contributed by atoms with van der Waals surface area (Å²) in [4.78, 5) is 38.5. The van der Waals surface area contributed by atoms with Crippen molar-refractivity contribution in [2.24, 2.45) is 0 Å². The molecular weight excluding hydrogens is 344 g/mol. The van der Waals surface area contributed by atoms with E-state index in [0.29, 0.717) is 13.0 Å². The molecule has 0 spiro atoms. The summed E-state index contributed by atoms with van der Waals surface area (Å²) in [6.07, 6.45) is 2.39. The van der Waals surface area contributed by atoms with Crippen LogP contribution in [0.1, 0.15) is 44.2 Å². The fourth-order valence-corrected chi connectivity index (χ4v) is 3.08. The van der Waals surface area contributed by atoms with E-state index in [2.05, 4.69) is 10.6 Å². The number of hydrogen-bond acceptors (Lipinski definition) is 3. The van der Waals surface area contributed by atoms with Gasteiger partial charge >= 0.3 is 0 Å². The zero-order valence-corrected chi connectivity index (χ0v) is 14.9. The second-order valence-corrected chi connectivity index (χ2v) is 6.18. The van der Waals surface area contributed by atoms with Gasteiger partial charge in [0.05, 0.1) is 0 Å². The van der Waals surface area contributed by atoms with Gasteiger partial charge in [-0.15, -0.1) is 0 Å². The maximum Gasteiger partial charge on any atom is 0.246 e. The fraction of sp³-hybridized carbons (Fsp3) is 0.500. The molecule has 1 saturated heterocycles. The van der Waals surface area contributed by atoms with E-state index in [1.54, 1.807) is 6.92 Å². The third kappa shape index (κ3) is 4.36. The third-order valence-electron chi connectivity index (χ3n) is 4.50. The molecule has 142 valence electrons. The van der Waals surface area contributed by atoms with Crippen molar-refractivity contribution in [2.75, 3.05) is 13.6 Å². The van der Waals surface area contributed by atoms with Crippen molar-refractivity contribution in [3.63, 3.8) is 0 Å². The Labute approximate surface area is 150 Å². The molecule has 1 heterocycles. The highest BCUT2D eigenvalue weighted by atomic mass is 19.2. The van der Waals surface area contributed by atoms with Crippen LogP contribution >= 0.6 is 0 Å². The number of nitrogens with zero attached hydrogens (tertiary/aromatic N) is 1. The van der Waals surface area contributed by atoms with E-state index in [1.807, 2.05) is 0 Å². The lowest BCUT2D eigenvalue weighted by molar-refractivity contribution is -0.143. The van der Waals surface area contributed by atoms with Crippen molar-refractivity contribution in [3.05, 3.63) is 35.4 Å². The van der Waals surface area contributed by atoms with Gasteiger partial charge in [-0.25, -0.2) is 8.78 Å². The van der Waals surface area contributed by atoms with Gasteiger partial charge < -0.3 is 15.5 Å². The number of halogens is 2. The molecular formula is C18H23F2N3O3. The maximum absolute atomic E-state index is 13.5. The van der Waals surface area contributed by atoms with E-state index in [1.165, 1.54) is 18.0 Å². The summed E-state index contributed by atoms with van der Waals surface area (Å²) in [6.45, 7) is 2.21. The van der Waals surface area contributed by atoms with E-state index in [0.717, 1.165) is 25.0 Å². The second-order valence-electron chi connectivity index (χ2n) is 6.18. The molecule has 2 rings (SSSR count). The lowest BCUT2D eigenvalue weighted by Gasteiger charge is -2.35. The van der Waals surface area contributed by atoms with Crippen molar-refractivity contribution in [3.8, 4) is 0 Å². The zero-order chi connectivity index (χ0) is 19.3. The van der Waals surface area contributed by atoms with Crippen LogP contribution in [0.25, 0.3) is 0 Å². The normalized spacial score (nSPS) is 18.2. The minimum Gasteiger partial charge on any atom is -0.357 e. The number of likely N-dealkylation sites (tertiary alicyclic amines) is 1. The van der Waals surface area contributed by atoms with Crippen LogP contribution in [0.15, 0.2) is 18.2 Å². The van der Waals surface area contributed by atoms with E-state index in [4.69, 9.17) is 0 Å². The summed E-state index contributed by atoms with van der Waals surface area (Å²) < 4.78 is 26.7. The first-order chi connectivity index (χ1) is 12.4. The number of carbonyl (C=O) groups is 3. The van der Waals surface area contributed by atoms with Crippen molar-refractivity contribution >= 4 is 17.7 Å². The van der Waals surface area contributed by atoms with Gasteiger partial charge in [0, 0.05) is 20.0 Å². The molecule has 0 bridgehead atoms. The van der Waals surface area contributed by atoms with Gasteiger partial charge in [-0.1, -0.05) is 13.0 Å². The number of carbonyl (C=O) groups excluding carboxylic acids is 3. The SMILES string of the molecule is CCC(=O)N1CCCCC1C(=O)NC(C(=O)NC)c1ccc(F)c(F)c1. The van der Waals surface area contributed by atoms with Crippen LogP contribution in [0.4, 0.5) is 8.78 Å². The minimum absolute atomic E-state index is 0.126. The molecule has 1 aliphatic rings. The summed E-state index contributed by atoms with van der Waals surface area (Å²) in [5, 5.41) is 4.98. The number of nitrogens with one attached hydrogen (secondary N) is 2. The number of rotatable bonds is 5. The van der Waals surface area contributed by atoms with Gasteiger partial charge in [0.15, 0.2) is 11.6 Å². The molecule has 2 unspecified atom stereocenters. The Hall–Kier alpha value is -2.51. The number of likely N-dealkylation sites (N-methyl/N-ethyl adjacent to an activating group) is 1. The van der Waals surface area contributed by atoms with Crippen LogP contribution in [0, 0.1) is 11.6 Å². The average Bonchev–Trinajstić information content (AvgIpc) is 2.66. The highest BCUT2D eigenvalue weighted by molar-refractivity contribution is 5.92. The van der Waals surface area contributed by atoms with Gasteiger partial charge in [-0.05, 0) is 37.0 Å². The summed E-state index contributed by atoms with van der Waals surface area (Å²) in [7, 11) is 1.38. The first-order valence-corrected chi connectivity index (χ1v) is 8.65. The summed E-state index contributed by atoms with van der Waals surface area (Å²) in [5.41, 5.74) is 0.126. The molecule has 1 aliphatic heterocycles. The molecule has 1 aromatic rings. The first kappa shape index (κ1) is 19.8. The largest absolute Gasteiger partial charge is 0.357 e. The molecule has 1 aromatic carbocycles. The molecule has 6 nitrogen and oxygen atoms in total. The predicted molar refractivity (Wildman–Crippen MR) is 91.0 cm³/mol. The topological polar surface area (TPSA) is 78.5 Å². The summed E-state index contributed by atoms with van der Waals surface area (Å²) in [5.74, 6) is -3.32. The molecule has 3 amide bonds. The second kappa shape index (κ2) is 8.73. The Morgan fingerprint density at radius 1 is 1.23 bits per heavy atom. The Balaban J connectivity index is 2.24. The standard InChI is InChI=1S/C18H23F2N3O3/c1-3-15(24)23-9-5-4-6-14(23)17(25)22-16(18(26)21-2)11-7-8-12(19)13(20)10-11/h7-8,10,14,16H,3-6,9H2,1-2H3,(H,21,26)(H,22,25). The van der Waals surface area contributed by atoms with Crippen LogP contribution in [0.2, 0.25) is 0 Å². The summed E-state index contributed by atoms with van der Waals surface area (Å²) in [6, 6.07) is 1.18. The quantitative estimate of drug-likeness (QED) is 0.831. The van der Waals surface area contributed by atoms with E-state index in [9.17, 15) is 23.2 Å². The molecule has 8 heteroatoms. The van der Waals surface area contributed by atoms with Crippen molar-refractivity contribution in [1.82, 2.24) is 15.5 Å². The smallest absolute Gasteiger partial charge is 0.246 e. The monoisotopic (exact) mass is 367 g/mol.